The van der Waals surface area contributed by atoms with Crippen LogP contribution in [0.5, 0.6) is 0 Å². The standard InChI is InChI=1S/C18H30N4O2/c1-13-15(14(2)20(6)19-13)7-8-16(23)21-9-11-22(12-10-21)17(24)18(3,4)5/h7-12H2,1-6H3. The summed E-state index contributed by atoms with van der Waals surface area (Å²) in [5.41, 5.74) is 2.94. The first-order valence-electron chi connectivity index (χ1n) is 8.67. The fraction of sp³-hybridized carbons (Fsp3) is 0.722. The van der Waals surface area contributed by atoms with Gasteiger partial charge in [0.15, 0.2) is 0 Å². The number of nitrogens with zero attached hydrogens (tertiary/aromatic N) is 4. The van der Waals surface area contributed by atoms with Crippen molar-refractivity contribution in [2.75, 3.05) is 26.2 Å². The summed E-state index contributed by atoms with van der Waals surface area (Å²) in [6, 6.07) is 0. The predicted molar refractivity (Wildman–Crippen MR) is 93.6 cm³/mol. The van der Waals surface area contributed by atoms with Gasteiger partial charge in [-0.2, -0.15) is 5.10 Å². The van der Waals surface area contributed by atoms with Crippen LogP contribution in [0.3, 0.4) is 0 Å². The van der Waals surface area contributed by atoms with E-state index in [9.17, 15) is 9.59 Å². The van der Waals surface area contributed by atoms with Crippen molar-refractivity contribution in [3.63, 3.8) is 0 Å². The van der Waals surface area contributed by atoms with E-state index in [1.807, 2.05) is 56.1 Å². The molecule has 0 spiro atoms. The fourth-order valence-corrected chi connectivity index (χ4v) is 3.20. The van der Waals surface area contributed by atoms with Gasteiger partial charge in [0.2, 0.25) is 11.8 Å². The van der Waals surface area contributed by atoms with Crippen LogP contribution < -0.4 is 0 Å². The highest BCUT2D eigenvalue weighted by molar-refractivity contribution is 5.82. The molecule has 1 aliphatic rings. The molecule has 1 fully saturated rings. The maximum atomic E-state index is 12.5. The molecule has 1 aromatic heterocycles. The zero-order valence-corrected chi connectivity index (χ0v) is 15.8. The molecular formula is C18H30N4O2. The van der Waals surface area contributed by atoms with Crippen molar-refractivity contribution in [2.24, 2.45) is 12.5 Å². The lowest BCUT2D eigenvalue weighted by Gasteiger charge is -2.37. The molecule has 2 heterocycles. The van der Waals surface area contributed by atoms with Gasteiger partial charge in [0.05, 0.1) is 5.69 Å². The van der Waals surface area contributed by atoms with Gasteiger partial charge in [-0.25, -0.2) is 0 Å². The number of piperazine rings is 1. The molecule has 0 aliphatic carbocycles. The molecule has 0 saturated carbocycles. The van der Waals surface area contributed by atoms with E-state index in [0.29, 0.717) is 32.6 Å². The molecule has 6 nitrogen and oxygen atoms in total. The molecule has 2 rings (SSSR count). The average Bonchev–Trinajstić information content (AvgIpc) is 2.76. The smallest absolute Gasteiger partial charge is 0.228 e. The normalized spacial score (nSPS) is 15.8. The van der Waals surface area contributed by atoms with Crippen molar-refractivity contribution in [3.05, 3.63) is 17.0 Å². The zero-order chi connectivity index (χ0) is 18.1. The summed E-state index contributed by atoms with van der Waals surface area (Å²) in [5.74, 6) is 0.330. The van der Waals surface area contributed by atoms with Crippen molar-refractivity contribution in [2.45, 2.75) is 47.5 Å². The van der Waals surface area contributed by atoms with E-state index in [1.54, 1.807) is 0 Å². The minimum atomic E-state index is -0.360. The highest BCUT2D eigenvalue weighted by Gasteiger charge is 2.30. The highest BCUT2D eigenvalue weighted by atomic mass is 16.2. The van der Waals surface area contributed by atoms with Crippen molar-refractivity contribution in [1.29, 1.82) is 0 Å². The second kappa shape index (κ2) is 6.95. The van der Waals surface area contributed by atoms with Crippen LogP contribution in [0.15, 0.2) is 0 Å². The van der Waals surface area contributed by atoms with Gasteiger partial charge in [-0.15, -0.1) is 0 Å². The van der Waals surface area contributed by atoms with Crippen LogP contribution in [0, 0.1) is 19.3 Å². The minimum Gasteiger partial charge on any atom is -0.339 e. The maximum absolute atomic E-state index is 12.5. The summed E-state index contributed by atoms with van der Waals surface area (Å²) in [4.78, 5) is 28.5. The van der Waals surface area contributed by atoms with Gasteiger partial charge < -0.3 is 9.80 Å². The molecule has 1 aliphatic heterocycles. The minimum absolute atomic E-state index is 0.163. The number of hydrogen-bond acceptors (Lipinski definition) is 3. The summed E-state index contributed by atoms with van der Waals surface area (Å²) in [6.45, 7) is 12.4. The van der Waals surface area contributed by atoms with Crippen molar-refractivity contribution < 1.29 is 9.59 Å². The molecule has 0 unspecified atom stereocenters. The lowest BCUT2D eigenvalue weighted by Crippen LogP contribution is -2.53. The van der Waals surface area contributed by atoms with Gasteiger partial charge in [-0.3, -0.25) is 14.3 Å². The lowest BCUT2D eigenvalue weighted by atomic mass is 9.94. The summed E-state index contributed by atoms with van der Waals surface area (Å²) in [7, 11) is 1.93. The Morgan fingerprint density at radius 3 is 2.04 bits per heavy atom. The molecule has 24 heavy (non-hydrogen) atoms. The van der Waals surface area contributed by atoms with Crippen LogP contribution in [0.2, 0.25) is 0 Å². The Kier molecular flexibility index (Phi) is 5.35. The van der Waals surface area contributed by atoms with E-state index in [-0.39, 0.29) is 17.2 Å². The van der Waals surface area contributed by atoms with E-state index < -0.39 is 0 Å². The Labute approximate surface area is 144 Å². The van der Waals surface area contributed by atoms with E-state index in [0.717, 1.165) is 17.8 Å². The molecule has 0 aromatic carbocycles. The number of hydrogen-bond donors (Lipinski definition) is 0. The first kappa shape index (κ1) is 18.5. The third kappa shape index (κ3) is 3.97. The van der Waals surface area contributed by atoms with E-state index in [4.69, 9.17) is 0 Å². The second-order valence-electron chi connectivity index (χ2n) is 7.70. The van der Waals surface area contributed by atoms with Gasteiger partial charge in [0.1, 0.15) is 0 Å². The topological polar surface area (TPSA) is 58.4 Å². The van der Waals surface area contributed by atoms with E-state index in [2.05, 4.69) is 5.10 Å². The van der Waals surface area contributed by atoms with Gasteiger partial charge in [-0.1, -0.05) is 20.8 Å². The largest absolute Gasteiger partial charge is 0.339 e. The summed E-state index contributed by atoms with van der Waals surface area (Å²) >= 11 is 0. The average molecular weight is 334 g/mol. The molecule has 1 aromatic rings. The van der Waals surface area contributed by atoms with Crippen LogP contribution in [0.4, 0.5) is 0 Å². The first-order valence-corrected chi connectivity index (χ1v) is 8.67. The van der Waals surface area contributed by atoms with Gasteiger partial charge in [0.25, 0.3) is 0 Å². The van der Waals surface area contributed by atoms with Gasteiger partial charge in [0, 0.05) is 50.8 Å². The number of aromatic nitrogens is 2. The third-order valence-corrected chi connectivity index (χ3v) is 4.81. The Bertz CT molecular complexity index is 620. The van der Waals surface area contributed by atoms with E-state index in [1.165, 1.54) is 5.56 Å². The molecule has 0 atom stereocenters. The van der Waals surface area contributed by atoms with Crippen LogP contribution in [-0.4, -0.2) is 57.6 Å². The lowest BCUT2D eigenvalue weighted by molar-refractivity contribution is -0.144. The van der Waals surface area contributed by atoms with E-state index >= 15 is 0 Å². The summed E-state index contributed by atoms with van der Waals surface area (Å²) < 4.78 is 1.87. The molecule has 2 amide bonds. The van der Waals surface area contributed by atoms with Gasteiger partial charge in [-0.05, 0) is 25.8 Å². The Morgan fingerprint density at radius 2 is 1.58 bits per heavy atom. The van der Waals surface area contributed by atoms with Crippen LogP contribution in [-0.2, 0) is 23.1 Å². The molecule has 6 heteroatoms. The quantitative estimate of drug-likeness (QED) is 0.845. The fourth-order valence-electron chi connectivity index (χ4n) is 3.20. The Hall–Kier alpha value is -1.85. The third-order valence-electron chi connectivity index (χ3n) is 4.81. The molecular weight excluding hydrogens is 304 g/mol. The Balaban J connectivity index is 1.86. The van der Waals surface area contributed by atoms with Crippen molar-refractivity contribution >= 4 is 11.8 Å². The first-order chi connectivity index (χ1) is 11.1. The maximum Gasteiger partial charge on any atom is 0.228 e. The second-order valence-corrected chi connectivity index (χ2v) is 7.70. The number of amides is 2. The van der Waals surface area contributed by atoms with Crippen LogP contribution in [0.1, 0.15) is 44.1 Å². The molecule has 1 saturated heterocycles. The monoisotopic (exact) mass is 334 g/mol. The predicted octanol–water partition coefficient (Wildman–Crippen LogP) is 1.69. The Morgan fingerprint density at radius 1 is 1.04 bits per heavy atom. The summed E-state index contributed by atoms with van der Waals surface area (Å²) in [5, 5.41) is 4.40. The number of carbonyl (C=O) groups excluding carboxylic acids is 2. The molecule has 0 radical (unpaired) electrons. The number of aryl methyl sites for hydroxylation is 2. The SMILES string of the molecule is Cc1nn(C)c(C)c1CCC(=O)N1CCN(C(=O)C(C)(C)C)CC1. The number of rotatable bonds is 3. The summed E-state index contributed by atoms with van der Waals surface area (Å²) in [6.07, 6.45) is 1.23. The molecule has 0 bridgehead atoms. The number of carbonyl (C=O) groups is 2. The zero-order valence-electron chi connectivity index (χ0n) is 15.8. The van der Waals surface area contributed by atoms with Crippen molar-refractivity contribution in [3.8, 4) is 0 Å². The van der Waals surface area contributed by atoms with Crippen LogP contribution in [0.25, 0.3) is 0 Å². The van der Waals surface area contributed by atoms with Crippen LogP contribution >= 0.6 is 0 Å². The molecule has 134 valence electrons. The van der Waals surface area contributed by atoms with Crippen molar-refractivity contribution in [1.82, 2.24) is 19.6 Å². The molecule has 0 N–H and O–H groups in total. The highest BCUT2D eigenvalue weighted by Crippen LogP contribution is 2.19. The van der Waals surface area contributed by atoms with Gasteiger partial charge >= 0.3 is 0 Å².